The van der Waals surface area contributed by atoms with Gasteiger partial charge in [0.05, 0.1) is 7.11 Å². The summed E-state index contributed by atoms with van der Waals surface area (Å²) < 4.78 is 4.78. The van der Waals surface area contributed by atoms with Gasteiger partial charge in [-0.2, -0.15) is 0 Å². The molecule has 1 rings (SSSR count). The van der Waals surface area contributed by atoms with Crippen LogP contribution in [0.5, 0.6) is 0 Å². The van der Waals surface area contributed by atoms with E-state index in [0.29, 0.717) is 25.7 Å². The standard InChI is InChI=1S/C18H36N4O3.HI/c1-5-18(6-2,10-13-23)14-20-16(19-7-3)21-15-8-11-22(12-9-15)17(24)25-4;/h15,23H,5-14H2,1-4H3,(H2,19,20,21);1H. The number of aliphatic imine (C=N–C) groups is 1. The minimum Gasteiger partial charge on any atom is -0.453 e. The Morgan fingerprint density at radius 1 is 1.27 bits per heavy atom. The minimum atomic E-state index is -0.251. The second-order valence-corrected chi connectivity index (χ2v) is 6.75. The number of carbonyl (C=O) groups excluding carboxylic acids is 1. The summed E-state index contributed by atoms with van der Waals surface area (Å²) in [5.74, 6) is 0.822. The molecule has 1 aliphatic rings. The highest BCUT2D eigenvalue weighted by molar-refractivity contribution is 14.0. The second kappa shape index (κ2) is 13.4. The fourth-order valence-electron chi connectivity index (χ4n) is 3.24. The number of likely N-dealkylation sites (tertiary alicyclic amines) is 1. The molecule has 1 saturated heterocycles. The van der Waals surface area contributed by atoms with Crippen LogP contribution in [0.1, 0.15) is 52.9 Å². The lowest BCUT2D eigenvalue weighted by atomic mass is 9.79. The number of aliphatic hydroxyl groups is 1. The molecule has 26 heavy (non-hydrogen) atoms. The minimum absolute atomic E-state index is 0. The highest BCUT2D eigenvalue weighted by atomic mass is 127. The van der Waals surface area contributed by atoms with E-state index in [1.807, 2.05) is 0 Å². The largest absolute Gasteiger partial charge is 0.453 e. The first-order valence-electron chi connectivity index (χ1n) is 9.52. The van der Waals surface area contributed by atoms with E-state index in [-0.39, 0.29) is 42.1 Å². The molecule has 0 aliphatic carbocycles. The smallest absolute Gasteiger partial charge is 0.409 e. The molecular formula is C18H37IN4O3. The van der Waals surface area contributed by atoms with Crippen LogP contribution in [0.4, 0.5) is 4.79 Å². The van der Waals surface area contributed by atoms with Crippen LogP contribution in [-0.4, -0.2) is 68.0 Å². The highest BCUT2D eigenvalue weighted by Crippen LogP contribution is 2.30. The molecular weight excluding hydrogens is 447 g/mol. The topological polar surface area (TPSA) is 86.2 Å². The van der Waals surface area contributed by atoms with Gasteiger partial charge >= 0.3 is 6.09 Å². The third kappa shape index (κ3) is 7.85. The molecule has 0 bridgehead atoms. The fraction of sp³-hybridized carbons (Fsp3) is 0.889. The molecule has 1 aliphatic heterocycles. The molecule has 3 N–H and O–H groups in total. The molecule has 0 atom stereocenters. The number of aliphatic hydroxyl groups excluding tert-OH is 1. The number of rotatable bonds is 8. The van der Waals surface area contributed by atoms with Crippen molar-refractivity contribution in [3.8, 4) is 0 Å². The molecule has 1 fully saturated rings. The molecule has 0 aromatic rings. The number of hydrogen-bond donors (Lipinski definition) is 3. The van der Waals surface area contributed by atoms with Gasteiger partial charge in [0.2, 0.25) is 0 Å². The monoisotopic (exact) mass is 484 g/mol. The van der Waals surface area contributed by atoms with Gasteiger partial charge in [-0.3, -0.25) is 4.99 Å². The van der Waals surface area contributed by atoms with Crippen molar-refractivity contribution in [2.45, 2.75) is 58.9 Å². The van der Waals surface area contributed by atoms with Crippen molar-refractivity contribution in [3.05, 3.63) is 0 Å². The predicted molar refractivity (Wildman–Crippen MR) is 116 cm³/mol. The van der Waals surface area contributed by atoms with Gasteiger partial charge in [-0.25, -0.2) is 4.79 Å². The zero-order valence-electron chi connectivity index (χ0n) is 16.7. The van der Waals surface area contributed by atoms with E-state index in [9.17, 15) is 9.90 Å². The normalized spacial score (nSPS) is 16.0. The summed E-state index contributed by atoms with van der Waals surface area (Å²) in [5, 5.41) is 16.2. The third-order valence-corrected chi connectivity index (χ3v) is 5.33. The Bertz CT molecular complexity index is 423. The summed E-state index contributed by atoms with van der Waals surface area (Å²) in [6, 6.07) is 0.300. The van der Waals surface area contributed by atoms with E-state index in [2.05, 4.69) is 31.4 Å². The van der Waals surface area contributed by atoms with E-state index in [0.717, 1.165) is 44.6 Å². The van der Waals surface area contributed by atoms with Crippen molar-refractivity contribution in [3.63, 3.8) is 0 Å². The second-order valence-electron chi connectivity index (χ2n) is 6.75. The lowest BCUT2D eigenvalue weighted by molar-refractivity contribution is 0.111. The van der Waals surface area contributed by atoms with Gasteiger partial charge in [-0.15, -0.1) is 24.0 Å². The molecule has 0 unspecified atom stereocenters. The summed E-state index contributed by atoms with van der Waals surface area (Å²) in [4.78, 5) is 18.1. The number of methoxy groups -OCH3 is 1. The first-order valence-corrected chi connectivity index (χ1v) is 9.52. The van der Waals surface area contributed by atoms with Gasteiger partial charge in [-0.1, -0.05) is 13.8 Å². The summed E-state index contributed by atoms with van der Waals surface area (Å²) in [5.41, 5.74) is 0.0609. The van der Waals surface area contributed by atoms with Crippen molar-refractivity contribution < 1.29 is 14.6 Å². The molecule has 0 spiro atoms. The van der Waals surface area contributed by atoms with Crippen LogP contribution < -0.4 is 10.6 Å². The zero-order valence-corrected chi connectivity index (χ0v) is 19.0. The van der Waals surface area contributed by atoms with E-state index < -0.39 is 0 Å². The Labute approximate surface area is 175 Å². The maximum atomic E-state index is 11.6. The Morgan fingerprint density at radius 2 is 1.88 bits per heavy atom. The Kier molecular flexibility index (Phi) is 13.0. The number of guanidine groups is 1. The molecule has 154 valence electrons. The summed E-state index contributed by atoms with van der Waals surface area (Å²) in [7, 11) is 1.42. The maximum Gasteiger partial charge on any atom is 0.409 e. The van der Waals surface area contributed by atoms with Crippen molar-refractivity contribution >= 4 is 36.0 Å². The van der Waals surface area contributed by atoms with Gasteiger partial charge in [-0.05, 0) is 44.4 Å². The van der Waals surface area contributed by atoms with Gasteiger partial charge in [0.15, 0.2) is 5.96 Å². The Balaban J connectivity index is 0.00000625. The average molecular weight is 484 g/mol. The average Bonchev–Trinajstić information content (AvgIpc) is 2.65. The van der Waals surface area contributed by atoms with Crippen LogP contribution in [0.15, 0.2) is 4.99 Å². The molecule has 1 amide bonds. The summed E-state index contributed by atoms with van der Waals surface area (Å²) >= 11 is 0. The number of nitrogens with one attached hydrogen (secondary N) is 2. The van der Waals surface area contributed by atoms with Crippen LogP contribution in [0.2, 0.25) is 0 Å². The first kappa shape index (κ1) is 25.2. The van der Waals surface area contributed by atoms with Crippen molar-refractivity contribution in [1.82, 2.24) is 15.5 Å². The van der Waals surface area contributed by atoms with Crippen molar-refractivity contribution in [2.75, 3.05) is 39.9 Å². The van der Waals surface area contributed by atoms with E-state index in [1.54, 1.807) is 4.90 Å². The van der Waals surface area contributed by atoms with E-state index >= 15 is 0 Å². The summed E-state index contributed by atoms with van der Waals surface area (Å²) in [6.45, 7) is 9.49. The van der Waals surface area contributed by atoms with Gasteiger partial charge in [0.25, 0.3) is 0 Å². The van der Waals surface area contributed by atoms with Crippen LogP contribution in [-0.2, 0) is 4.74 Å². The molecule has 8 heteroatoms. The first-order chi connectivity index (χ1) is 12.0. The number of nitrogens with zero attached hydrogens (tertiary/aromatic N) is 2. The lowest BCUT2D eigenvalue weighted by Crippen LogP contribution is -2.50. The van der Waals surface area contributed by atoms with Crippen LogP contribution in [0, 0.1) is 5.41 Å². The van der Waals surface area contributed by atoms with Crippen LogP contribution in [0.3, 0.4) is 0 Å². The van der Waals surface area contributed by atoms with Crippen molar-refractivity contribution in [1.29, 1.82) is 0 Å². The number of ether oxygens (including phenoxy) is 1. The van der Waals surface area contributed by atoms with Gasteiger partial charge in [0, 0.05) is 38.8 Å². The number of halogens is 1. The van der Waals surface area contributed by atoms with Gasteiger partial charge in [0.1, 0.15) is 0 Å². The van der Waals surface area contributed by atoms with Crippen molar-refractivity contribution in [2.24, 2.45) is 10.4 Å². The molecule has 0 saturated carbocycles. The quantitative estimate of drug-likeness (QED) is 0.280. The fourth-order valence-corrected chi connectivity index (χ4v) is 3.24. The lowest BCUT2D eigenvalue weighted by Gasteiger charge is -2.33. The third-order valence-electron chi connectivity index (χ3n) is 5.33. The maximum absolute atomic E-state index is 11.6. The molecule has 0 aromatic heterocycles. The predicted octanol–water partition coefficient (Wildman–Crippen LogP) is 2.58. The summed E-state index contributed by atoms with van der Waals surface area (Å²) in [6.07, 6.45) is 4.29. The molecule has 0 aromatic carbocycles. The molecule has 1 heterocycles. The highest BCUT2D eigenvalue weighted by Gasteiger charge is 2.26. The molecule has 7 nitrogen and oxygen atoms in total. The van der Waals surface area contributed by atoms with Crippen LogP contribution in [0.25, 0.3) is 0 Å². The van der Waals surface area contributed by atoms with E-state index in [4.69, 9.17) is 9.73 Å². The number of piperidine rings is 1. The number of carbonyl (C=O) groups is 1. The SMILES string of the molecule is CCNC(=NCC(CC)(CC)CCO)NC1CCN(C(=O)OC)CC1.I. The molecule has 0 radical (unpaired) electrons. The zero-order chi connectivity index (χ0) is 18.7. The Morgan fingerprint density at radius 3 is 2.35 bits per heavy atom. The van der Waals surface area contributed by atoms with Gasteiger partial charge < -0.3 is 25.4 Å². The van der Waals surface area contributed by atoms with E-state index in [1.165, 1.54) is 7.11 Å². The number of amides is 1. The Hall–Kier alpha value is -0.770. The van der Waals surface area contributed by atoms with Crippen LogP contribution >= 0.6 is 24.0 Å². The number of hydrogen-bond acceptors (Lipinski definition) is 4.